The lowest BCUT2D eigenvalue weighted by Gasteiger charge is -2.22. The summed E-state index contributed by atoms with van der Waals surface area (Å²) in [4.78, 5) is 12.7. The first-order valence-electron chi connectivity index (χ1n) is 10.9. The molecule has 0 aliphatic carbocycles. The molecule has 0 unspecified atom stereocenters. The van der Waals surface area contributed by atoms with Crippen LogP contribution in [0.3, 0.4) is 0 Å². The third-order valence-corrected chi connectivity index (χ3v) is 7.35. The second-order valence-corrected chi connectivity index (χ2v) is 10.2. The van der Waals surface area contributed by atoms with Crippen LogP contribution in [0.2, 0.25) is 10.0 Å². The fourth-order valence-electron chi connectivity index (χ4n) is 3.22. The minimum Gasteiger partial charge on any atom is -0.493 e. The van der Waals surface area contributed by atoms with Crippen molar-refractivity contribution in [3.8, 4) is 11.5 Å². The highest BCUT2D eigenvalue weighted by Crippen LogP contribution is 2.27. The summed E-state index contributed by atoms with van der Waals surface area (Å²) in [6.45, 7) is 1.73. The van der Waals surface area contributed by atoms with Gasteiger partial charge in [0.25, 0.3) is 5.91 Å². The topological polar surface area (TPSA) is 97.3 Å². The molecule has 3 rings (SSSR count). The van der Waals surface area contributed by atoms with Gasteiger partial charge < -0.3 is 9.47 Å². The Labute approximate surface area is 220 Å². The molecule has 0 atom stereocenters. The average molecular weight is 550 g/mol. The van der Waals surface area contributed by atoms with Gasteiger partial charge in [0.15, 0.2) is 11.5 Å². The second kappa shape index (κ2) is 12.7. The fraction of sp³-hybridized carbons (Fsp3) is 0.200. The Morgan fingerprint density at radius 3 is 2.47 bits per heavy atom. The van der Waals surface area contributed by atoms with E-state index in [9.17, 15) is 13.2 Å². The highest BCUT2D eigenvalue weighted by Gasteiger charge is 2.27. The predicted octanol–water partition coefficient (Wildman–Crippen LogP) is 4.74. The average Bonchev–Trinajstić information content (AvgIpc) is 2.86. The van der Waals surface area contributed by atoms with Crippen LogP contribution in [-0.2, 0) is 21.4 Å². The minimum absolute atomic E-state index is 0.0490. The lowest BCUT2D eigenvalue weighted by molar-refractivity contribution is -0.121. The summed E-state index contributed by atoms with van der Waals surface area (Å²) in [5.41, 5.74) is 3.52. The van der Waals surface area contributed by atoms with E-state index in [2.05, 4.69) is 10.5 Å². The molecule has 0 aliphatic rings. The summed E-state index contributed by atoms with van der Waals surface area (Å²) < 4.78 is 38.4. The van der Waals surface area contributed by atoms with Crippen molar-refractivity contribution in [3.05, 3.63) is 87.9 Å². The predicted molar refractivity (Wildman–Crippen MR) is 140 cm³/mol. The van der Waals surface area contributed by atoms with E-state index in [0.29, 0.717) is 39.3 Å². The van der Waals surface area contributed by atoms with Crippen molar-refractivity contribution >= 4 is 45.3 Å². The van der Waals surface area contributed by atoms with Crippen molar-refractivity contribution in [3.63, 3.8) is 0 Å². The fourth-order valence-corrected chi connectivity index (χ4v) is 5.08. The molecule has 0 bridgehead atoms. The molecule has 1 N–H and O–H groups in total. The smallest absolute Gasteiger partial charge is 0.255 e. The Balaban J connectivity index is 1.78. The number of ether oxygens (including phenoxy) is 2. The molecule has 0 saturated carbocycles. The van der Waals surface area contributed by atoms with Gasteiger partial charge in [0.2, 0.25) is 10.0 Å². The second-order valence-electron chi connectivity index (χ2n) is 7.46. The number of carbonyl (C=O) groups is 1. The molecule has 36 heavy (non-hydrogen) atoms. The van der Waals surface area contributed by atoms with Crippen LogP contribution in [0.1, 0.15) is 18.1 Å². The molecule has 8 nitrogen and oxygen atoms in total. The van der Waals surface area contributed by atoms with E-state index >= 15 is 0 Å². The maximum absolute atomic E-state index is 13.3. The zero-order valence-corrected chi connectivity index (χ0v) is 22.0. The molecule has 0 aliphatic heterocycles. The van der Waals surface area contributed by atoms with Crippen molar-refractivity contribution < 1.29 is 22.7 Å². The van der Waals surface area contributed by atoms with Gasteiger partial charge in [-0.2, -0.15) is 9.41 Å². The van der Waals surface area contributed by atoms with E-state index in [-0.39, 0.29) is 11.4 Å². The number of rotatable bonds is 11. The van der Waals surface area contributed by atoms with E-state index in [1.54, 1.807) is 48.5 Å². The highest BCUT2D eigenvalue weighted by molar-refractivity contribution is 7.89. The Morgan fingerprint density at radius 1 is 1.06 bits per heavy atom. The van der Waals surface area contributed by atoms with Gasteiger partial charge in [-0.3, -0.25) is 4.79 Å². The first-order chi connectivity index (χ1) is 17.2. The van der Waals surface area contributed by atoms with Gasteiger partial charge >= 0.3 is 0 Å². The van der Waals surface area contributed by atoms with Crippen LogP contribution in [0.5, 0.6) is 11.5 Å². The van der Waals surface area contributed by atoms with Crippen LogP contribution >= 0.6 is 23.2 Å². The number of nitrogens with one attached hydrogen (secondary N) is 1. The van der Waals surface area contributed by atoms with Gasteiger partial charge in [0.05, 0.1) is 31.4 Å². The summed E-state index contributed by atoms with van der Waals surface area (Å²) in [5.74, 6) is 0.477. The first-order valence-corrected chi connectivity index (χ1v) is 13.1. The van der Waals surface area contributed by atoms with Gasteiger partial charge in [-0.05, 0) is 60.5 Å². The van der Waals surface area contributed by atoms with Crippen LogP contribution in [-0.4, -0.2) is 45.1 Å². The Kier molecular flexibility index (Phi) is 9.72. The molecule has 0 radical (unpaired) electrons. The Hall–Kier alpha value is -3.11. The van der Waals surface area contributed by atoms with Gasteiger partial charge in [-0.25, -0.2) is 13.8 Å². The number of hydrazone groups is 1. The molecule has 190 valence electrons. The van der Waals surface area contributed by atoms with Crippen molar-refractivity contribution in [2.75, 3.05) is 20.3 Å². The molecule has 1 amide bonds. The van der Waals surface area contributed by atoms with Gasteiger partial charge in [0.1, 0.15) is 0 Å². The van der Waals surface area contributed by atoms with Crippen molar-refractivity contribution in [2.24, 2.45) is 5.10 Å². The maximum atomic E-state index is 13.3. The lowest BCUT2D eigenvalue weighted by atomic mass is 10.2. The number of amides is 1. The highest BCUT2D eigenvalue weighted by atomic mass is 35.5. The standard InChI is InChI=1S/C25H25Cl2N3O5S/c1-3-35-23-12-9-18(13-24(23)34-2)15-28-29-25(31)17-30(16-19-10-11-20(26)14-22(19)27)36(32,33)21-7-5-4-6-8-21/h4-15H,3,16-17H2,1-2H3,(H,29,31)/b28-15-. The number of hydrogen-bond acceptors (Lipinski definition) is 6. The lowest BCUT2D eigenvalue weighted by Crippen LogP contribution is -2.39. The van der Waals surface area contributed by atoms with Crippen LogP contribution in [0.4, 0.5) is 0 Å². The van der Waals surface area contributed by atoms with Crippen LogP contribution < -0.4 is 14.9 Å². The van der Waals surface area contributed by atoms with E-state index < -0.39 is 22.5 Å². The number of halogens is 2. The van der Waals surface area contributed by atoms with E-state index in [1.807, 2.05) is 6.92 Å². The molecule has 3 aromatic carbocycles. The monoisotopic (exact) mass is 549 g/mol. The molecule has 0 spiro atoms. The van der Waals surface area contributed by atoms with Crippen LogP contribution in [0, 0.1) is 0 Å². The molecule has 0 aromatic heterocycles. The third-order valence-electron chi connectivity index (χ3n) is 4.95. The summed E-state index contributed by atoms with van der Waals surface area (Å²) in [6, 6.07) is 17.8. The Bertz CT molecular complexity index is 1330. The molecule has 0 fully saturated rings. The quantitative estimate of drug-likeness (QED) is 0.275. The van der Waals surface area contributed by atoms with Crippen LogP contribution in [0.25, 0.3) is 0 Å². The van der Waals surface area contributed by atoms with E-state index in [0.717, 1.165) is 4.31 Å². The van der Waals surface area contributed by atoms with Crippen molar-refractivity contribution in [2.45, 2.75) is 18.4 Å². The molecule has 0 heterocycles. The number of carbonyl (C=O) groups excluding carboxylic acids is 1. The molecular formula is C25H25Cl2N3O5S. The first kappa shape index (κ1) is 27.5. The summed E-state index contributed by atoms with van der Waals surface area (Å²) in [7, 11) is -2.50. The van der Waals surface area contributed by atoms with Crippen molar-refractivity contribution in [1.29, 1.82) is 0 Å². The van der Waals surface area contributed by atoms with E-state index in [1.165, 1.54) is 31.5 Å². The molecular weight excluding hydrogens is 525 g/mol. The van der Waals surface area contributed by atoms with E-state index in [4.69, 9.17) is 32.7 Å². The van der Waals surface area contributed by atoms with Gasteiger partial charge in [0, 0.05) is 16.6 Å². The third kappa shape index (κ3) is 7.20. The largest absolute Gasteiger partial charge is 0.493 e. The molecule has 11 heteroatoms. The van der Waals surface area contributed by atoms with Gasteiger partial charge in [-0.1, -0.05) is 47.5 Å². The normalized spacial score (nSPS) is 11.6. The molecule has 3 aromatic rings. The van der Waals surface area contributed by atoms with Crippen molar-refractivity contribution in [1.82, 2.24) is 9.73 Å². The Morgan fingerprint density at radius 2 is 1.81 bits per heavy atom. The summed E-state index contributed by atoms with van der Waals surface area (Å²) in [6.07, 6.45) is 1.42. The summed E-state index contributed by atoms with van der Waals surface area (Å²) in [5, 5.41) is 4.66. The maximum Gasteiger partial charge on any atom is 0.255 e. The zero-order valence-electron chi connectivity index (χ0n) is 19.6. The number of hydrogen-bond donors (Lipinski definition) is 1. The minimum atomic E-state index is -4.02. The number of nitrogens with zero attached hydrogens (tertiary/aromatic N) is 2. The number of sulfonamides is 1. The number of benzene rings is 3. The molecule has 0 saturated heterocycles. The van der Waals surface area contributed by atoms with Gasteiger partial charge in [-0.15, -0.1) is 0 Å². The summed E-state index contributed by atoms with van der Waals surface area (Å²) >= 11 is 12.2. The van der Waals surface area contributed by atoms with Crippen LogP contribution in [0.15, 0.2) is 76.7 Å². The zero-order chi connectivity index (χ0) is 26.1. The SMILES string of the molecule is CCOc1ccc(/C=N\NC(=O)CN(Cc2ccc(Cl)cc2Cl)S(=O)(=O)c2ccccc2)cc1OC. The number of methoxy groups -OCH3 is 1.